The van der Waals surface area contributed by atoms with Crippen LogP contribution in [0.2, 0.25) is 5.02 Å². The summed E-state index contributed by atoms with van der Waals surface area (Å²) in [7, 11) is 1.56. The highest BCUT2D eigenvalue weighted by Crippen LogP contribution is 2.37. The Balaban J connectivity index is 1.65. The lowest BCUT2D eigenvalue weighted by Crippen LogP contribution is -2.20. The fourth-order valence-corrected chi connectivity index (χ4v) is 3.48. The minimum absolute atomic E-state index is 0.138. The van der Waals surface area contributed by atoms with E-state index in [2.05, 4.69) is 26.6 Å². The molecule has 0 aromatic heterocycles. The topological polar surface area (TPSA) is 59.6 Å². The monoisotopic (exact) mass is 474 g/mol. The van der Waals surface area contributed by atoms with Crippen LogP contribution in [0.25, 0.3) is 0 Å². The molecule has 0 heterocycles. The summed E-state index contributed by atoms with van der Waals surface area (Å²) in [6, 6.07) is 20.5. The lowest BCUT2D eigenvalue weighted by molar-refractivity contribution is -0.118. The zero-order valence-corrected chi connectivity index (χ0v) is 18.1. The molecule has 0 saturated carbocycles. The number of anilines is 2. The van der Waals surface area contributed by atoms with Crippen LogP contribution in [0.15, 0.2) is 71.2 Å². The van der Waals surface area contributed by atoms with Gasteiger partial charge in [-0.25, -0.2) is 0 Å². The summed E-state index contributed by atoms with van der Waals surface area (Å²) >= 11 is 9.69. The van der Waals surface area contributed by atoms with Gasteiger partial charge in [0.15, 0.2) is 18.1 Å². The van der Waals surface area contributed by atoms with E-state index in [0.29, 0.717) is 33.2 Å². The molecule has 2 N–H and O–H groups in total. The molecule has 0 atom stereocenters. The van der Waals surface area contributed by atoms with E-state index in [9.17, 15) is 4.79 Å². The third kappa shape index (κ3) is 5.89. The highest BCUT2D eigenvalue weighted by Gasteiger charge is 2.14. The summed E-state index contributed by atoms with van der Waals surface area (Å²) in [5.41, 5.74) is 2.53. The van der Waals surface area contributed by atoms with E-state index < -0.39 is 0 Å². The lowest BCUT2D eigenvalue weighted by atomic mass is 10.2. The van der Waals surface area contributed by atoms with Gasteiger partial charge in [0.1, 0.15) is 0 Å². The van der Waals surface area contributed by atoms with E-state index in [1.807, 2.05) is 66.7 Å². The lowest BCUT2D eigenvalue weighted by Gasteiger charge is -2.15. The van der Waals surface area contributed by atoms with Crippen LogP contribution < -0.4 is 20.1 Å². The third-order valence-corrected chi connectivity index (χ3v) is 4.97. The highest BCUT2D eigenvalue weighted by atomic mass is 79.9. The minimum Gasteiger partial charge on any atom is -0.493 e. The number of hydrogen-bond acceptors (Lipinski definition) is 4. The molecule has 0 aliphatic heterocycles. The number of halogens is 2. The summed E-state index contributed by atoms with van der Waals surface area (Å²) in [4.78, 5) is 12.1. The van der Waals surface area contributed by atoms with E-state index in [1.165, 1.54) is 0 Å². The fraction of sp³-hybridized carbons (Fsp3) is 0.136. The second kappa shape index (κ2) is 10.2. The van der Waals surface area contributed by atoms with Crippen molar-refractivity contribution in [2.75, 3.05) is 24.4 Å². The van der Waals surface area contributed by atoms with Crippen molar-refractivity contribution < 1.29 is 14.3 Å². The van der Waals surface area contributed by atoms with Crippen molar-refractivity contribution >= 4 is 44.8 Å². The van der Waals surface area contributed by atoms with Crippen LogP contribution in [0.5, 0.6) is 11.5 Å². The first-order chi connectivity index (χ1) is 14.1. The molecular weight excluding hydrogens is 456 g/mol. The van der Waals surface area contributed by atoms with Gasteiger partial charge in [-0.15, -0.1) is 0 Å². The standard InChI is InChI=1S/C22H20BrClN2O3/c1-28-20-12-15(13-25-19-10-6-5-9-18(19)24)11-17(23)22(20)29-14-21(27)26-16-7-3-2-4-8-16/h2-12,25H,13-14H2,1H3,(H,26,27). The molecule has 5 nitrogen and oxygen atoms in total. The van der Waals surface area contributed by atoms with Crippen LogP contribution in [-0.4, -0.2) is 19.6 Å². The third-order valence-electron chi connectivity index (χ3n) is 4.05. The van der Waals surface area contributed by atoms with Crippen molar-refractivity contribution in [3.05, 3.63) is 81.8 Å². The molecule has 3 rings (SSSR count). The average molecular weight is 476 g/mol. The number of ether oxygens (including phenoxy) is 2. The van der Waals surface area contributed by atoms with E-state index in [4.69, 9.17) is 21.1 Å². The number of carbonyl (C=O) groups is 1. The summed E-state index contributed by atoms with van der Waals surface area (Å²) in [6.45, 7) is 0.411. The van der Waals surface area contributed by atoms with Crippen molar-refractivity contribution in [1.29, 1.82) is 0 Å². The Kier molecular flexibility index (Phi) is 7.38. The molecule has 0 bridgehead atoms. The van der Waals surface area contributed by atoms with Crippen molar-refractivity contribution in [2.45, 2.75) is 6.54 Å². The number of carbonyl (C=O) groups excluding carboxylic acids is 1. The largest absolute Gasteiger partial charge is 0.493 e. The Morgan fingerprint density at radius 3 is 2.52 bits per heavy atom. The zero-order chi connectivity index (χ0) is 20.6. The average Bonchev–Trinajstić information content (AvgIpc) is 2.72. The van der Waals surface area contributed by atoms with Gasteiger partial charge in [0.2, 0.25) is 0 Å². The van der Waals surface area contributed by atoms with Gasteiger partial charge in [0, 0.05) is 12.2 Å². The number of para-hydroxylation sites is 2. The van der Waals surface area contributed by atoms with E-state index in [-0.39, 0.29) is 12.5 Å². The summed E-state index contributed by atoms with van der Waals surface area (Å²) in [5.74, 6) is 0.745. The second-order valence-electron chi connectivity index (χ2n) is 6.15. The first-order valence-electron chi connectivity index (χ1n) is 8.89. The van der Waals surface area contributed by atoms with Gasteiger partial charge in [-0.2, -0.15) is 0 Å². The predicted molar refractivity (Wildman–Crippen MR) is 120 cm³/mol. The van der Waals surface area contributed by atoms with Gasteiger partial charge < -0.3 is 20.1 Å². The number of amides is 1. The molecule has 150 valence electrons. The Bertz CT molecular complexity index is 983. The maximum atomic E-state index is 12.1. The Hall–Kier alpha value is -2.70. The van der Waals surface area contributed by atoms with Gasteiger partial charge in [0.25, 0.3) is 5.91 Å². The highest BCUT2D eigenvalue weighted by molar-refractivity contribution is 9.10. The number of hydrogen-bond donors (Lipinski definition) is 2. The van der Waals surface area contributed by atoms with E-state index in [1.54, 1.807) is 7.11 Å². The first-order valence-corrected chi connectivity index (χ1v) is 10.1. The van der Waals surface area contributed by atoms with Crippen LogP contribution in [0.4, 0.5) is 11.4 Å². The van der Waals surface area contributed by atoms with Crippen molar-refractivity contribution in [3.8, 4) is 11.5 Å². The van der Waals surface area contributed by atoms with Gasteiger partial charge in [0.05, 0.1) is 22.3 Å². The molecule has 3 aromatic rings. The quantitative estimate of drug-likeness (QED) is 0.436. The molecule has 29 heavy (non-hydrogen) atoms. The molecule has 0 spiro atoms. The number of methoxy groups -OCH3 is 1. The predicted octanol–water partition coefficient (Wildman–Crippen LogP) is 5.74. The van der Waals surface area contributed by atoms with Crippen molar-refractivity contribution in [1.82, 2.24) is 0 Å². The zero-order valence-electron chi connectivity index (χ0n) is 15.7. The summed E-state index contributed by atoms with van der Waals surface area (Å²) < 4.78 is 11.9. The van der Waals surface area contributed by atoms with Gasteiger partial charge >= 0.3 is 0 Å². The molecule has 7 heteroatoms. The van der Waals surface area contributed by atoms with Crippen LogP contribution in [-0.2, 0) is 11.3 Å². The second-order valence-corrected chi connectivity index (χ2v) is 7.41. The maximum Gasteiger partial charge on any atom is 0.262 e. The molecule has 3 aromatic carbocycles. The molecule has 1 amide bonds. The molecule has 0 fully saturated rings. The fourth-order valence-electron chi connectivity index (χ4n) is 2.67. The smallest absolute Gasteiger partial charge is 0.262 e. The van der Waals surface area contributed by atoms with Crippen LogP contribution >= 0.6 is 27.5 Å². The summed E-state index contributed by atoms with van der Waals surface area (Å²) in [5, 5.41) is 6.73. The molecule has 0 aliphatic rings. The molecule has 0 saturated heterocycles. The Morgan fingerprint density at radius 1 is 1.07 bits per heavy atom. The first kappa shape index (κ1) is 21.0. The SMILES string of the molecule is COc1cc(CNc2ccccc2Cl)cc(Br)c1OCC(=O)Nc1ccccc1. The van der Waals surface area contributed by atoms with Crippen LogP contribution in [0.1, 0.15) is 5.56 Å². The van der Waals surface area contributed by atoms with Crippen LogP contribution in [0, 0.1) is 0 Å². The number of benzene rings is 3. The number of nitrogens with one attached hydrogen (secondary N) is 2. The Labute approximate surface area is 183 Å². The van der Waals surface area contributed by atoms with Crippen molar-refractivity contribution in [2.24, 2.45) is 0 Å². The molecular formula is C22H20BrClN2O3. The molecule has 0 unspecified atom stereocenters. The van der Waals surface area contributed by atoms with Crippen molar-refractivity contribution in [3.63, 3.8) is 0 Å². The maximum absolute atomic E-state index is 12.1. The van der Waals surface area contributed by atoms with Gasteiger partial charge in [-0.3, -0.25) is 4.79 Å². The van der Waals surface area contributed by atoms with E-state index in [0.717, 1.165) is 11.3 Å². The van der Waals surface area contributed by atoms with E-state index >= 15 is 0 Å². The Morgan fingerprint density at radius 2 is 1.79 bits per heavy atom. The molecule has 0 radical (unpaired) electrons. The summed E-state index contributed by atoms with van der Waals surface area (Å²) in [6.07, 6.45) is 0. The minimum atomic E-state index is -0.255. The normalized spacial score (nSPS) is 10.3. The number of rotatable bonds is 8. The molecule has 0 aliphatic carbocycles. The van der Waals surface area contributed by atoms with Gasteiger partial charge in [-0.1, -0.05) is 41.9 Å². The van der Waals surface area contributed by atoms with Crippen LogP contribution in [0.3, 0.4) is 0 Å². The van der Waals surface area contributed by atoms with Gasteiger partial charge in [-0.05, 0) is 57.9 Å².